The van der Waals surface area contributed by atoms with Gasteiger partial charge >= 0.3 is 0 Å². The van der Waals surface area contributed by atoms with Crippen molar-refractivity contribution < 1.29 is 0 Å². The Kier molecular flexibility index (Phi) is 3.72. The van der Waals surface area contributed by atoms with Gasteiger partial charge in [-0.25, -0.2) is 4.98 Å². The van der Waals surface area contributed by atoms with Gasteiger partial charge in [0.2, 0.25) is 5.95 Å². The summed E-state index contributed by atoms with van der Waals surface area (Å²) in [5, 5.41) is 3.18. The van der Waals surface area contributed by atoms with Crippen molar-refractivity contribution in [3.05, 3.63) is 6.33 Å². The standard InChI is InChI=1S/C12H18N6S/c1-2-13-12-16-10-9(14-8-15-10)11(17-12)18-4-3-6-19-7-5-18/h8H,2-7H2,1H3,(H2,13,14,15,16,17). The molecular formula is C12H18N6S. The largest absolute Gasteiger partial charge is 0.354 e. The zero-order chi connectivity index (χ0) is 13.1. The van der Waals surface area contributed by atoms with Gasteiger partial charge in [-0.15, -0.1) is 0 Å². The lowest BCUT2D eigenvalue weighted by molar-refractivity contribution is 0.803. The third-order valence-electron chi connectivity index (χ3n) is 3.12. The maximum Gasteiger partial charge on any atom is 0.226 e. The number of aromatic amines is 1. The molecular weight excluding hydrogens is 260 g/mol. The summed E-state index contributed by atoms with van der Waals surface area (Å²) >= 11 is 2.01. The Balaban J connectivity index is 2.01. The highest BCUT2D eigenvalue weighted by Crippen LogP contribution is 2.24. The van der Waals surface area contributed by atoms with E-state index in [1.165, 1.54) is 12.2 Å². The number of anilines is 2. The molecule has 0 radical (unpaired) electrons. The van der Waals surface area contributed by atoms with E-state index in [-0.39, 0.29) is 0 Å². The summed E-state index contributed by atoms with van der Waals surface area (Å²) in [6.45, 7) is 4.93. The van der Waals surface area contributed by atoms with E-state index in [4.69, 9.17) is 0 Å². The zero-order valence-corrected chi connectivity index (χ0v) is 11.8. The third kappa shape index (κ3) is 2.60. The SMILES string of the molecule is CCNc1nc(N2CCCSCC2)c2[nH]cnc2n1. The van der Waals surface area contributed by atoms with E-state index < -0.39 is 0 Å². The molecule has 3 heterocycles. The van der Waals surface area contributed by atoms with Crippen LogP contribution in [0.3, 0.4) is 0 Å². The van der Waals surface area contributed by atoms with Gasteiger partial charge < -0.3 is 15.2 Å². The van der Waals surface area contributed by atoms with Gasteiger partial charge in [-0.05, 0) is 19.1 Å². The molecule has 0 atom stereocenters. The number of H-pyrrole nitrogens is 1. The average molecular weight is 278 g/mol. The van der Waals surface area contributed by atoms with Gasteiger partial charge in [-0.1, -0.05) is 0 Å². The van der Waals surface area contributed by atoms with E-state index in [1.54, 1.807) is 6.33 Å². The number of thioether (sulfide) groups is 1. The molecule has 6 nitrogen and oxygen atoms in total. The molecule has 0 amide bonds. The second-order valence-electron chi connectivity index (χ2n) is 4.46. The van der Waals surface area contributed by atoms with Gasteiger partial charge in [0.05, 0.1) is 6.33 Å². The Morgan fingerprint density at radius 3 is 3.21 bits per heavy atom. The van der Waals surface area contributed by atoms with E-state index in [1.807, 2.05) is 18.7 Å². The first kappa shape index (κ1) is 12.5. The van der Waals surface area contributed by atoms with Crippen LogP contribution >= 0.6 is 11.8 Å². The molecule has 0 unspecified atom stereocenters. The van der Waals surface area contributed by atoms with E-state index in [0.29, 0.717) is 5.95 Å². The Bertz CT molecular complexity index is 546. The van der Waals surface area contributed by atoms with Crippen molar-refractivity contribution in [2.45, 2.75) is 13.3 Å². The molecule has 1 aliphatic rings. The molecule has 0 aliphatic carbocycles. The van der Waals surface area contributed by atoms with Crippen molar-refractivity contribution in [1.29, 1.82) is 0 Å². The molecule has 102 valence electrons. The predicted molar refractivity (Wildman–Crippen MR) is 80.0 cm³/mol. The van der Waals surface area contributed by atoms with E-state index in [2.05, 4.69) is 30.2 Å². The van der Waals surface area contributed by atoms with Crippen LogP contribution in [0.1, 0.15) is 13.3 Å². The third-order valence-corrected chi connectivity index (χ3v) is 4.17. The fourth-order valence-corrected chi connectivity index (χ4v) is 3.13. The lowest BCUT2D eigenvalue weighted by atomic mass is 10.3. The van der Waals surface area contributed by atoms with Crippen LogP contribution in [-0.2, 0) is 0 Å². The van der Waals surface area contributed by atoms with E-state index >= 15 is 0 Å². The molecule has 1 aliphatic heterocycles. The molecule has 0 bridgehead atoms. The molecule has 2 aromatic rings. The number of hydrogen-bond acceptors (Lipinski definition) is 6. The van der Waals surface area contributed by atoms with Crippen LogP contribution in [-0.4, -0.2) is 51.1 Å². The van der Waals surface area contributed by atoms with Gasteiger partial charge in [0.1, 0.15) is 5.52 Å². The molecule has 1 saturated heterocycles. The van der Waals surface area contributed by atoms with Gasteiger partial charge in [-0.3, -0.25) is 0 Å². The quantitative estimate of drug-likeness (QED) is 0.891. The van der Waals surface area contributed by atoms with Crippen molar-refractivity contribution in [2.24, 2.45) is 0 Å². The van der Waals surface area contributed by atoms with Crippen LogP contribution in [0.4, 0.5) is 11.8 Å². The number of aromatic nitrogens is 4. The number of fused-ring (bicyclic) bond motifs is 1. The van der Waals surface area contributed by atoms with Gasteiger partial charge in [0.15, 0.2) is 11.5 Å². The first-order chi connectivity index (χ1) is 9.38. The minimum atomic E-state index is 0.661. The van der Waals surface area contributed by atoms with Crippen molar-refractivity contribution >= 4 is 34.7 Å². The summed E-state index contributed by atoms with van der Waals surface area (Å²) < 4.78 is 0. The van der Waals surface area contributed by atoms with Crippen LogP contribution in [0.15, 0.2) is 6.33 Å². The van der Waals surface area contributed by atoms with Crippen molar-refractivity contribution in [3.63, 3.8) is 0 Å². The predicted octanol–water partition coefficient (Wildman–Crippen LogP) is 1.73. The molecule has 1 fully saturated rings. The number of imidazole rings is 1. The fourth-order valence-electron chi connectivity index (χ4n) is 2.24. The first-order valence-corrected chi connectivity index (χ1v) is 7.81. The van der Waals surface area contributed by atoms with Crippen molar-refractivity contribution in [2.75, 3.05) is 41.4 Å². The topological polar surface area (TPSA) is 69.7 Å². The molecule has 0 spiro atoms. The minimum Gasteiger partial charge on any atom is -0.354 e. The summed E-state index contributed by atoms with van der Waals surface area (Å²) in [4.78, 5) is 18.8. The molecule has 3 rings (SSSR count). The van der Waals surface area contributed by atoms with Gasteiger partial charge in [0, 0.05) is 25.4 Å². The van der Waals surface area contributed by atoms with Crippen molar-refractivity contribution in [3.8, 4) is 0 Å². The van der Waals surface area contributed by atoms with Crippen LogP contribution in [0, 0.1) is 0 Å². The normalized spacial score (nSPS) is 16.6. The maximum atomic E-state index is 4.65. The number of hydrogen-bond donors (Lipinski definition) is 2. The summed E-state index contributed by atoms with van der Waals surface area (Å²) in [6.07, 6.45) is 2.88. The Labute approximate surface area is 116 Å². The average Bonchev–Trinajstić information content (AvgIpc) is 2.72. The summed E-state index contributed by atoms with van der Waals surface area (Å²) in [7, 11) is 0. The Hall–Kier alpha value is -1.50. The lowest BCUT2D eigenvalue weighted by Crippen LogP contribution is -2.27. The molecule has 0 aromatic carbocycles. The second-order valence-corrected chi connectivity index (χ2v) is 5.68. The van der Waals surface area contributed by atoms with Crippen LogP contribution in [0.5, 0.6) is 0 Å². The smallest absolute Gasteiger partial charge is 0.226 e. The number of nitrogens with zero attached hydrogens (tertiary/aromatic N) is 4. The Morgan fingerprint density at radius 2 is 2.32 bits per heavy atom. The number of nitrogens with one attached hydrogen (secondary N) is 2. The first-order valence-electron chi connectivity index (χ1n) is 6.66. The molecule has 19 heavy (non-hydrogen) atoms. The summed E-state index contributed by atoms with van der Waals surface area (Å²) in [5.41, 5.74) is 1.67. The second kappa shape index (κ2) is 5.64. The van der Waals surface area contributed by atoms with E-state index in [9.17, 15) is 0 Å². The minimum absolute atomic E-state index is 0.661. The van der Waals surface area contributed by atoms with Crippen LogP contribution < -0.4 is 10.2 Å². The van der Waals surface area contributed by atoms with Crippen LogP contribution in [0.2, 0.25) is 0 Å². The highest BCUT2D eigenvalue weighted by molar-refractivity contribution is 7.99. The summed E-state index contributed by atoms with van der Waals surface area (Å²) in [6, 6.07) is 0. The highest BCUT2D eigenvalue weighted by Gasteiger charge is 2.17. The Morgan fingerprint density at radius 1 is 1.37 bits per heavy atom. The fraction of sp³-hybridized carbons (Fsp3) is 0.583. The molecule has 7 heteroatoms. The van der Waals surface area contributed by atoms with Crippen LogP contribution in [0.25, 0.3) is 11.2 Å². The van der Waals surface area contributed by atoms with Crippen molar-refractivity contribution in [1.82, 2.24) is 19.9 Å². The summed E-state index contributed by atoms with van der Waals surface area (Å²) in [5.74, 6) is 4.01. The molecule has 0 saturated carbocycles. The van der Waals surface area contributed by atoms with Gasteiger partial charge in [-0.2, -0.15) is 21.7 Å². The maximum absolute atomic E-state index is 4.65. The number of rotatable bonds is 3. The van der Waals surface area contributed by atoms with E-state index in [0.717, 1.165) is 42.4 Å². The zero-order valence-electron chi connectivity index (χ0n) is 11.0. The lowest BCUT2D eigenvalue weighted by Gasteiger charge is -2.21. The van der Waals surface area contributed by atoms with Gasteiger partial charge in [0.25, 0.3) is 0 Å². The molecule has 2 N–H and O–H groups in total. The monoisotopic (exact) mass is 278 g/mol. The molecule has 2 aromatic heterocycles. The highest BCUT2D eigenvalue weighted by atomic mass is 32.2.